The molecule has 0 bridgehead atoms. The van der Waals surface area contributed by atoms with Gasteiger partial charge in [0.05, 0.1) is 0 Å². The van der Waals surface area contributed by atoms with E-state index in [-0.39, 0.29) is 12.0 Å². The Kier molecular flexibility index (Phi) is 4.40. The molecule has 0 spiro atoms. The second kappa shape index (κ2) is 5.83. The number of carbonyl (C=O) groups excluding carboxylic acids is 1. The Bertz CT molecular complexity index is 264. The zero-order valence-electron chi connectivity index (χ0n) is 10.9. The van der Waals surface area contributed by atoms with E-state index in [4.69, 9.17) is 4.74 Å². The molecule has 3 unspecified atom stereocenters. The second-order valence-electron chi connectivity index (χ2n) is 5.23. The van der Waals surface area contributed by atoms with Crippen LogP contribution in [0, 0.1) is 5.92 Å². The normalized spacial score (nSPS) is 32.9. The van der Waals surface area contributed by atoms with Crippen molar-refractivity contribution in [2.75, 3.05) is 26.2 Å². The molecule has 2 fully saturated rings. The Morgan fingerprint density at radius 2 is 2.29 bits per heavy atom. The molecular formula is C13H24N2O2. The van der Waals surface area contributed by atoms with Crippen LogP contribution in [0.2, 0.25) is 0 Å². The van der Waals surface area contributed by atoms with E-state index in [1.165, 1.54) is 12.8 Å². The highest BCUT2D eigenvalue weighted by Crippen LogP contribution is 2.22. The molecule has 0 aromatic carbocycles. The summed E-state index contributed by atoms with van der Waals surface area (Å²) < 4.78 is 5.56. The van der Waals surface area contributed by atoms with E-state index in [1.54, 1.807) is 0 Å². The molecule has 0 aliphatic carbocycles. The number of carbonyl (C=O) groups is 1. The molecule has 98 valence electrons. The van der Waals surface area contributed by atoms with Crippen molar-refractivity contribution < 1.29 is 9.53 Å². The maximum Gasteiger partial charge on any atom is 0.252 e. The molecular weight excluding hydrogens is 216 g/mol. The molecule has 4 nitrogen and oxygen atoms in total. The SMILES string of the molecule is CCN(CC1CCCN1)C(=O)C1OCCC1C. The summed E-state index contributed by atoms with van der Waals surface area (Å²) in [5, 5.41) is 3.44. The monoisotopic (exact) mass is 240 g/mol. The lowest BCUT2D eigenvalue weighted by Gasteiger charge is -2.28. The quantitative estimate of drug-likeness (QED) is 0.797. The Hall–Kier alpha value is -0.610. The van der Waals surface area contributed by atoms with Crippen LogP contribution in [0.3, 0.4) is 0 Å². The number of nitrogens with one attached hydrogen (secondary N) is 1. The lowest BCUT2D eigenvalue weighted by Crippen LogP contribution is -2.46. The number of hydrogen-bond donors (Lipinski definition) is 1. The highest BCUT2D eigenvalue weighted by Gasteiger charge is 2.34. The number of amides is 1. The van der Waals surface area contributed by atoms with Crippen LogP contribution in [0.4, 0.5) is 0 Å². The number of hydrogen-bond acceptors (Lipinski definition) is 3. The number of nitrogens with zero attached hydrogens (tertiary/aromatic N) is 1. The second-order valence-corrected chi connectivity index (χ2v) is 5.23. The number of ether oxygens (including phenoxy) is 1. The minimum Gasteiger partial charge on any atom is -0.368 e. The van der Waals surface area contributed by atoms with Gasteiger partial charge < -0.3 is 15.0 Å². The van der Waals surface area contributed by atoms with Crippen molar-refractivity contribution in [1.29, 1.82) is 0 Å². The van der Waals surface area contributed by atoms with Gasteiger partial charge >= 0.3 is 0 Å². The Morgan fingerprint density at radius 3 is 2.82 bits per heavy atom. The van der Waals surface area contributed by atoms with Crippen molar-refractivity contribution in [2.45, 2.75) is 45.3 Å². The molecule has 2 saturated heterocycles. The van der Waals surface area contributed by atoms with Gasteiger partial charge in [-0.15, -0.1) is 0 Å². The minimum absolute atomic E-state index is 0.186. The van der Waals surface area contributed by atoms with E-state index >= 15 is 0 Å². The summed E-state index contributed by atoms with van der Waals surface area (Å²) in [6, 6.07) is 0.482. The van der Waals surface area contributed by atoms with Crippen LogP contribution in [-0.4, -0.2) is 49.2 Å². The van der Waals surface area contributed by atoms with E-state index < -0.39 is 0 Å². The third-order valence-corrected chi connectivity index (χ3v) is 3.93. The van der Waals surface area contributed by atoms with Crippen LogP contribution in [-0.2, 0) is 9.53 Å². The van der Waals surface area contributed by atoms with E-state index in [2.05, 4.69) is 12.2 Å². The zero-order chi connectivity index (χ0) is 12.3. The predicted octanol–water partition coefficient (Wildman–Crippen LogP) is 1.01. The average molecular weight is 240 g/mol. The highest BCUT2D eigenvalue weighted by molar-refractivity contribution is 5.81. The van der Waals surface area contributed by atoms with E-state index in [0.29, 0.717) is 12.0 Å². The van der Waals surface area contributed by atoms with Crippen molar-refractivity contribution in [3.63, 3.8) is 0 Å². The first-order valence-corrected chi connectivity index (χ1v) is 6.86. The van der Waals surface area contributed by atoms with Gasteiger partial charge in [0.25, 0.3) is 5.91 Å². The Balaban J connectivity index is 1.89. The van der Waals surface area contributed by atoms with Crippen molar-refractivity contribution >= 4 is 5.91 Å². The maximum absolute atomic E-state index is 12.3. The van der Waals surface area contributed by atoms with Gasteiger partial charge in [0.15, 0.2) is 0 Å². The molecule has 2 aliphatic heterocycles. The van der Waals surface area contributed by atoms with Gasteiger partial charge in [-0.1, -0.05) is 6.92 Å². The van der Waals surface area contributed by atoms with Crippen LogP contribution in [0.1, 0.15) is 33.1 Å². The first kappa shape index (κ1) is 12.8. The number of likely N-dealkylation sites (N-methyl/N-ethyl adjacent to an activating group) is 1. The fourth-order valence-corrected chi connectivity index (χ4v) is 2.74. The summed E-state index contributed by atoms with van der Waals surface area (Å²) in [6.07, 6.45) is 3.23. The van der Waals surface area contributed by atoms with Gasteiger partial charge in [-0.2, -0.15) is 0 Å². The first-order valence-electron chi connectivity index (χ1n) is 6.86. The summed E-state index contributed by atoms with van der Waals surface area (Å²) >= 11 is 0. The molecule has 17 heavy (non-hydrogen) atoms. The third kappa shape index (κ3) is 2.99. The van der Waals surface area contributed by atoms with Gasteiger partial charge in [0, 0.05) is 25.7 Å². The molecule has 3 atom stereocenters. The van der Waals surface area contributed by atoms with Crippen molar-refractivity contribution in [2.24, 2.45) is 5.92 Å². The summed E-state index contributed by atoms with van der Waals surface area (Å²) in [4.78, 5) is 14.3. The van der Waals surface area contributed by atoms with Crippen LogP contribution in [0.15, 0.2) is 0 Å². The molecule has 2 heterocycles. The van der Waals surface area contributed by atoms with Crippen LogP contribution < -0.4 is 5.32 Å². The van der Waals surface area contributed by atoms with Gasteiger partial charge in [0.2, 0.25) is 0 Å². The smallest absolute Gasteiger partial charge is 0.252 e. The number of rotatable bonds is 4. The lowest BCUT2D eigenvalue weighted by atomic mass is 10.0. The topological polar surface area (TPSA) is 41.6 Å². The average Bonchev–Trinajstić information content (AvgIpc) is 2.96. The van der Waals surface area contributed by atoms with E-state index in [0.717, 1.165) is 32.7 Å². The minimum atomic E-state index is -0.198. The maximum atomic E-state index is 12.3. The summed E-state index contributed by atoms with van der Waals surface area (Å²) in [7, 11) is 0. The fraction of sp³-hybridized carbons (Fsp3) is 0.923. The summed E-state index contributed by atoms with van der Waals surface area (Å²) in [6.45, 7) is 7.60. The molecule has 2 aliphatic rings. The molecule has 1 N–H and O–H groups in total. The largest absolute Gasteiger partial charge is 0.368 e. The Morgan fingerprint density at radius 1 is 1.47 bits per heavy atom. The molecule has 0 radical (unpaired) electrons. The van der Waals surface area contributed by atoms with Crippen LogP contribution in [0.5, 0.6) is 0 Å². The van der Waals surface area contributed by atoms with Gasteiger partial charge in [0.1, 0.15) is 6.10 Å². The molecule has 2 rings (SSSR count). The van der Waals surface area contributed by atoms with Gasteiger partial charge in [-0.05, 0) is 38.6 Å². The van der Waals surface area contributed by atoms with Crippen LogP contribution >= 0.6 is 0 Å². The summed E-state index contributed by atoms with van der Waals surface area (Å²) in [5.74, 6) is 0.555. The standard InChI is InChI=1S/C13H24N2O2/c1-3-15(9-11-5-4-7-14-11)13(16)12-10(2)6-8-17-12/h10-12,14H,3-9H2,1-2H3. The van der Waals surface area contributed by atoms with Gasteiger partial charge in [-0.25, -0.2) is 0 Å². The fourth-order valence-electron chi connectivity index (χ4n) is 2.74. The van der Waals surface area contributed by atoms with E-state index in [9.17, 15) is 4.79 Å². The molecule has 0 aromatic heterocycles. The lowest BCUT2D eigenvalue weighted by molar-refractivity contribution is -0.142. The summed E-state index contributed by atoms with van der Waals surface area (Å²) in [5.41, 5.74) is 0. The molecule has 0 saturated carbocycles. The van der Waals surface area contributed by atoms with Crippen molar-refractivity contribution in [3.05, 3.63) is 0 Å². The van der Waals surface area contributed by atoms with E-state index in [1.807, 2.05) is 11.8 Å². The predicted molar refractivity (Wildman–Crippen MR) is 66.8 cm³/mol. The van der Waals surface area contributed by atoms with Crippen LogP contribution in [0.25, 0.3) is 0 Å². The molecule has 0 aromatic rings. The zero-order valence-corrected chi connectivity index (χ0v) is 10.9. The third-order valence-electron chi connectivity index (χ3n) is 3.93. The Labute approximate surface area is 104 Å². The highest BCUT2D eigenvalue weighted by atomic mass is 16.5. The molecule has 4 heteroatoms. The van der Waals surface area contributed by atoms with Crippen molar-refractivity contribution in [3.8, 4) is 0 Å². The first-order chi connectivity index (χ1) is 8.22. The molecule has 1 amide bonds. The van der Waals surface area contributed by atoms with Gasteiger partial charge in [-0.3, -0.25) is 4.79 Å². The van der Waals surface area contributed by atoms with Crippen molar-refractivity contribution in [1.82, 2.24) is 10.2 Å².